The van der Waals surface area contributed by atoms with Gasteiger partial charge in [0.25, 0.3) is 0 Å². The van der Waals surface area contributed by atoms with Gasteiger partial charge in [-0.15, -0.1) is 0 Å². The van der Waals surface area contributed by atoms with E-state index in [9.17, 15) is 26.7 Å². The van der Waals surface area contributed by atoms with Gasteiger partial charge in [-0.2, -0.15) is 22.0 Å². The highest BCUT2D eigenvalue weighted by molar-refractivity contribution is 5.74. The number of aromatic nitrogens is 1. The third-order valence-corrected chi connectivity index (χ3v) is 1.60. The minimum absolute atomic E-state index is 0.164. The number of hydrogen-bond donors (Lipinski definition) is 0. The third kappa shape index (κ3) is 2.11. The fourth-order valence-corrected chi connectivity index (χ4v) is 0.837. The summed E-state index contributed by atoms with van der Waals surface area (Å²) in [7, 11) is 0. The molecule has 0 bridgehead atoms. The first-order chi connectivity index (χ1) is 6.79. The van der Waals surface area contributed by atoms with Crippen molar-refractivity contribution in [2.24, 2.45) is 0 Å². The smallest absolute Gasteiger partial charge is 0.298 e. The van der Waals surface area contributed by atoms with Gasteiger partial charge in [-0.1, -0.05) is 0 Å². The second-order valence-corrected chi connectivity index (χ2v) is 2.66. The summed E-state index contributed by atoms with van der Waals surface area (Å²) in [5, 5.41) is 0. The molecule has 0 radical (unpaired) electrons. The van der Waals surface area contributed by atoms with E-state index in [4.69, 9.17) is 0 Å². The normalized spacial score (nSPS) is 12.6. The largest absolute Gasteiger partial charge is 0.459 e. The van der Waals surface area contributed by atoms with Gasteiger partial charge in [0.05, 0.1) is 0 Å². The van der Waals surface area contributed by atoms with Gasteiger partial charge in [-0.3, -0.25) is 9.78 Å². The molecule has 1 aromatic heterocycles. The van der Waals surface area contributed by atoms with Gasteiger partial charge in [0.2, 0.25) is 0 Å². The topological polar surface area (TPSA) is 30.0 Å². The molecular formula is C8H4F5NO. The number of hydrogen-bond acceptors (Lipinski definition) is 2. The number of pyridine rings is 1. The number of aldehydes is 1. The fraction of sp³-hybridized carbons (Fsp3) is 0.250. The lowest BCUT2D eigenvalue weighted by atomic mass is 10.1. The monoisotopic (exact) mass is 225 g/mol. The maximum atomic E-state index is 12.7. The number of halogens is 5. The molecule has 0 unspecified atom stereocenters. The molecule has 0 saturated heterocycles. The summed E-state index contributed by atoms with van der Waals surface area (Å²) in [6, 6.07) is 1.43. The van der Waals surface area contributed by atoms with Crippen molar-refractivity contribution in [3.05, 3.63) is 29.6 Å². The summed E-state index contributed by atoms with van der Waals surface area (Å²) in [5.74, 6) is -5.05. The second kappa shape index (κ2) is 3.56. The van der Waals surface area contributed by atoms with Gasteiger partial charge in [-0.05, 0) is 12.1 Å². The fourth-order valence-electron chi connectivity index (χ4n) is 0.837. The van der Waals surface area contributed by atoms with E-state index in [1.54, 1.807) is 0 Å². The van der Waals surface area contributed by atoms with E-state index >= 15 is 0 Å². The van der Waals surface area contributed by atoms with E-state index < -0.39 is 17.8 Å². The summed E-state index contributed by atoms with van der Waals surface area (Å²) in [5.41, 5.74) is -1.77. The minimum Gasteiger partial charge on any atom is -0.298 e. The predicted molar refractivity (Wildman–Crippen MR) is 39.6 cm³/mol. The van der Waals surface area contributed by atoms with Crippen molar-refractivity contribution in [1.29, 1.82) is 0 Å². The van der Waals surface area contributed by atoms with E-state index in [0.717, 1.165) is 12.3 Å². The first-order valence-electron chi connectivity index (χ1n) is 3.65. The summed E-state index contributed by atoms with van der Waals surface area (Å²) < 4.78 is 61.0. The van der Waals surface area contributed by atoms with E-state index in [1.165, 1.54) is 0 Å². The Bertz CT molecular complexity index is 374. The summed E-state index contributed by atoms with van der Waals surface area (Å²) in [6.07, 6.45) is -4.84. The van der Waals surface area contributed by atoms with Gasteiger partial charge in [0.1, 0.15) is 12.0 Å². The molecule has 2 nitrogen and oxygen atoms in total. The van der Waals surface area contributed by atoms with Crippen LogP contribution in [0.2, 0.25) is 0 Å². The van der Waals surface area contributed by atoms with Crippen LogP contribution in [-0.2, 0) is 5.92 Å². The highest BCUT2D eigenvalue weighted by Crippen LogP contribution is 2.42. The molecule has 0 amide bonds. The lowest BCUT2D eigenvalue weighted by molar-refractivity contribution is -0.290. The molecule has 0 atom stereocenters. The molecule has 0 aliphatic heterocycles. The predicted octanol–water partition coefficient (Wildman–Crippen LogP) is 2.55. The van der Waals surface area contributed by atoms with Gasteiger partial charge in [0.15, 0.2) is 0 Å². The van der Waals surface area contributed by atoms with E-state index in [1.807, 2.05) is 0 Å². The zero-order valence-electron chi connectivity index (χ0n) is 7.05. The van der Waals surface area contributed by atoms with Crippen LogP contribution < -0.4 is 0 Å². The van der Waals surface area contributed by atoms with Gasteiger partial charge >= 0.3 is 12.1 Å². The number of carbonyl (C=O) groups is 1. The quantitative estimate of drug-likeness (QED) is 0.571. The number of rotatable bonds is 2. The SMILES string of the molecule is O=Cc1ccnc(C(F)(F)C(F)(F)F)c1. The molecule has 0 aliphatic rings. The van der Waals surface area contributed by atoms with Crippen molar-refractivity contribution < 1.29 is 26.7 Å². The Hall–Kier alpha value is -1.53. The Kier molecular flexibility index (Phi) is 2.74. The van der Waals surface area contributed by atoms with Crippen LogP contribution >= 0.6 is 0 Å². The first-order valence-corrected chi connectivity index (χ1v) is 3.65. The van der Waals surface area contributed by atoms with Crippen LogP contribution in [-0.4, -0.2) is 17.4 Å². The van der Waals surface area contributed by atoms with E-state index in [0.29, 0.717) is 6.07 Å². The zero-order valence-corrected chi connectivity index (χ0v) is 7.05. The molecule has 82 valence electrons. The molecule has 0 spiro atoms. The van der Waals surface area contributed by atoms with Crippen LogP contribution in [0.1, 0.15) is 16.1 Å². The molecule has 1 aromatic rings. The Morgan fingerprint density at radius 1 is 1.20 bits per heavy atom. The zero-order chi connectivity index (χ0) is 11.7. The number of alkyl halides is 5. The summed E-state index contributed by atoms with van der Waals surface area (Å²) >= 11 is 0. The molecule has 0 aromatic carbocycles. The van der Waals surface area contributed by atoms with Crippen molar-refractivity contribution in [1.82, 2.24) is 4.98 Å². The van der Waals surface area contributed by atoms with Crippen LogP contribution in [0.5, 0.6) is 0 Å². The molecule has 0 N–H and O–H groups in total. The molecule has 0 fully saturated rings. The number of nitrogens with zero attached hydrogens (tertiary/aromatic N) is 1. The third-order valence-electron chi connectivity index (χ3n) is 1.60. The molecule has 7 heteroatoms. The van der Waals surface area contributed by atoms with Gasteiger partial charge in [-0.25, -0.2) is 0 Å². The van der Waals surface area contributed by atoms with Crippen molar-refractivity contribution in [2.45, 2.75) is 12.1 Å². The van der Waals surface area contributed by atoms with Crippen LogP contribution in [0.25, 0.3) is 0 Å². The van der Waals surface area contributed by atoms with Crippen molar-refractivity contribution in [3.63, 3.8) is 0 Å². The van der Waals surface area contributed by atoms with E-state index in [2.05, 4.69) is 4.98 Å². The van der Waals surface area contributed by atoms with Crippen molar-refractivity contribution >= 4 is 6.29 Å². The molecule has 1 rings (SSSR count). The standard InChI is InChI=1S/C8H4F5NO/c9-7(10,8(11,12)13)6-3-5(4-15)1-2-14-6/h1-4H. The first kappa shape index (κ1) is 11.5. The summed E-state index contributed by atoms with van der Waals surface area (Å²) in [6.45, 7) is 0. The number of carbonyl (C=O) groups excluding carboxylic acids is 1. The highest BCUT2D eigenvalue weighted by Gasteiger charge is 2.59. The van der Waals surface area contributed by atoms with Crippen LogP contribution in [0.3, 0.4) is 0 Å². The van der Waals surface area contributed by atoms with Gasteiger partial charge in [0, 0.05) is 11.8 Å². The summed E-state index contributed by atoms with van der Waals surface area (Å²) in [4.78, 5) is 13.1. The highest BCUT2D eigenvalue weighted by atomic mass is 19.4. The Morgan fingerprint density at radius 3 is 2.27 bits per heavy atom. The Morgan fingerprint density at radius 2 is 1.80 bits per heavy atom. The lowest BCUT2D eigenvalue weighted by Gasteiger charge is -2.18. The van der Waals surface area contributed by atoms with Gasteiger partial charge < -0.3 is 0 Å². The molecule has 1 heterocycles. The average molecular weight is 225 g/mol. The molecular weight excluding hydrogens is 221 g/mol. The molecule has 0 saturated carbocycles. The Labute approximate surface area is 80.7 Å². The van der Waals surface area contributed by atoms with Crippen LogP contribution in [0.4, 0.5) is 22.0 Å². The second-order valence-electron chi connectivity index (χ2n) is 2.66. The Balaban J connectivity index is 3.21. The van der Waals surface area contributed by atoms with Crippen molar-refractivity contribution in [3.8, 4) is 0 Å². The lowest BCUT2D eigenvalue weighted by Crippen LogP contribution is -2.34. The van der Waals surface area contributed by atoms with E-state index in [-0.39, 0.29) is 11.8 Å². The van der Waals surface area contributed by atoms with Crippen LogP contribution in [0.15, 0.2) is 18.3 Å². The molecule has 15 heavy (non-hydrogen) atoms. The maximum absolute atomic E-state index is 12.7. The van der Waals surface area contributed by atoms with Crippen molar-refractivity contribution in [2.75, 3.05) is 0 Å². The van der Waals surface area contributed by atoms with Crippen LogP contribution in [0, 0.1) is 0 Å². The maximum Gasteiger partial charge on any atom is 0.459 e. The molecule has 0 aliphatic carbocycles. The average Bonchev–Trinajstić information content (AvgIpc) is 2.16. The minimum atomic E-state index is -5.72.